The zero-order valence-corrected chi connectivity index (χ0v) is 37.7. The van der Waals surface area contributed by atoms with Gasteiger partial charge in [-0.1, -0.05) is 130 Å². The first kappa shape index (κ1) is 43.0. The highest BCUT2D eigenvalue weighted by Crippen LogP contribution is 2.59. The summed E-state index contributed by atoms with van der Waals surface area (Å²) in [6, 6.07) is 11.3. The van der Waals surface area contributed by atoms with Gasteiger partial charge >= 0.3 is 0 Å². The fourth-order valence-corrected chi connectivity index (χ4v) is 13.4. The molecule has 5 aliphatic rings. The maximum atomic E-state index is 15.5. The van der Waals surface area contributed by atoms with E-state index in [1.165, 1.54) is 0 Å². The first-order valence-corrected chi connectivity index (χ1v) is 25.0. The average Bonchev–Trinajstić information content (AvgIpc) is 3.28. The van der Waals surface area contributed by atoms with Crippen molar-refractivity contribution in [2.75, 3.05) is 0 Å². The van der Waals surface area contributed by atoms with Gasteiger partial charge in [-0.25, -0.2) is 0 Å². The summed E-state index contributed by atoms with van der Waals surface area (Å²) >= 11 is 0. The van der Waals surface area contributed by atoms with Crippen molar-refractivity contribution in [1.29, 1.82) is 0 Å². The Kier molecular flexibility index (Phi) is 12.3. The number of hydrogen-bond donors (Lipinski definition) is 0. The molecule has 6 nitrogen and oxygen atoms in total. The highest BCUT2D eigenvalue weighted by molar-refractivity contribution is 6.29. The second-order valence-electron chi connectivity index (χ2n) is 20.0. The summed E-state index contributed by atoms with van der Waals surface area (Å²) in [4.78, 5) is 92.3. The van der Waals surface area contributed by atoms with Crippen LogP contribution in [0.3, 0.4) is 0 Å². The highest BCUT2D eigenvalue weighted by Gasteiger charge is 2.57. The van der Waals surface area contributed by atoms with Gasteiger partial charge < -0.3 is 0 Å². The van der Waals surface area contributed by atoms with Crippen LogP contribution in [0.25, 0.3) is 0 Å². The molecule has 0 fully saturated rings. The molecule has 5 aliphatic carbocycles. The number of carbonyl (C=O) groups excluding carboxylic acids is 6. The molecule has 0 N–H and O–H groups in total. The van der Waals surface area contributed by atoms with Gasteiger partial charge in [-0.2, -0.15) is 0 Å². The van der Waals surface area contributed by atoms with E-state index in [1.54, 1.807) is 12.1 Å². The van der Waals surface area contributed by atoms with Crippen LogP contribution in [0.2, 0.25) is 0 Å². The molecule has 8 rings (SSSR count). The second kappa shape index (κ2) is 17.7. The predicted octanol–water partition coefficient (Wildman–Crippen LogP) is 13.6. The minimum Gasteiger partial charge on any atom is -0.294 e. The van der Waals surface area contributed by atoms with Crippen molar-refractivity contribution in [2.45, 2.75) is 180 Å². The molecule has 0 saturated heterocycles. The zero-order valence-electron chi connectivity index (χ0n) is 37.7. The third-order valence-electron chi connectivity index (χ3n) is 16.4. The third-order valence-corrected chi connectivity index (χ3v) is 16.4. The van der Waals surface area contributed by atoms with Crippen LogP contribution in [0, 0.1) is 23.7 Å². The summed E-state index contributed by atoms with van der Waals surface area (Å²) < 4.78 is 0. The average molecular weight is 835 g/mol. The predicted molar refractivity (Wildman–Crippen MR) is 243 cm³/mol. The summed E-state index contributed by atoms with van der Waals surface area (Å²) in [5.74, 6) is -4.76. The van der Waals surface area contributed by atoms with Crippen molar-refractivity contribution in [3.63, 3.8) is 0 Å². The summed E-state index contributed by atoms with van der Waals surface area (Å²) in [5, 5.41) is 0. The second-order valence-corrected chi connectivity index (χ2v) is 20.0. The maximum absolute atomic E-state index is 15.5. The molecule has 0 bridgehead atoms. The molecule has 0 aromatic heterocycles. The van der Waals surface area contributed by atoms with Gasteiger partial charge in [-0.15, -0.1) is 0 Å². The van der Waals surface area contributed by atoms with Crippen molar-refractivity contribution in [3.8, 4) is 0 Å². The number of Topliss-reactive ketones (excluding diaryl/α,β-unsaturated/α-hetero) is 4. The molecular weight excluding hydrogens is 769 g/mol. The molecule has 0 radical (unpaired) electrons. The van der Waals surface area contributed by atoms with Gasteiger partial charge in [0.15, 0.2) is 34.7 Å². The Hall–Kier alpha value is -4.32. The van der Waals surface area contributed by atoms with E-state index < -0.39 is 23.7 Å². The quantitative estimate of drug-likeness (QED) is 0.0822. The Morgan fingerprint density at radius 1 is 0.290 bits per heavy atom. The molecule has 8 atom stereocenters. The number of carbonyl (C=O) groups is 6. The van der Waals surface area contributed by atoms with E-state index in [0.29, 0.717) is 47.9 Å². The monoisotopic (exact) mass is 834 g/mol. The number of ketones is 6. The lowest BCUT2D eigenvalue weighted by Crippen LogP contribution is -2.49. The van der Waals surface area contributed by atoms with E-state index in [0.717, 1.165) is 125 Å². The minimum atomic E-state index is -0.657. The molecule has 0 aliphatic heterocycles. The molecular formula is C56H66O6. The molecule has 0 spiro atoms. The van der Waals surface area contributed by atoms with E-state index in [9.17, 15) is 0 Å². The van der Waals surface area contributed by atoms with Gasteiger partial charge in [0.1, 0.15) is 0 Å². The van der Waals surface area contributed by atoms with E-state index in [1.807, 2.05) is 24.3 Å². The molecule has 326 valence electrons. The van der Waals surface area contributed by atoms with E-state index in [-0.39, 0.29) is 80.6 Å². The smallest absolute Gasteiger partial charge is 0.194 e. The summed E-state index contributed by atoms with van der Waals surface area (Å²) in [6.45, 7) is 8.69. The van der Waals surface area contributed by atoms with Gasteiger partial charge in [0, 0.05) is 68.2 Å². The van der Waals surface area contributed by atoms with Crippen LogP contribution in [-0.4, -0.2) is 34.7 Å². The SMILES string of the molecule is CCCCCC[C@@H]1c2cc3c4cc2[C@H](CCCCCC)C2C(=O)c5cc6c(cc5C(=O)C21)C(=O)C1C(C6=O)[C@H](CCCCCC)c2cc(c(cc2[C@@H]1CCCCCC)C3=O)C4=O. The van der Waals surface area contributed by atoms with Gasteiger partial charge in [0.05, 0.1) is 0 Å². The molecule has 0 saturated carbocycles. The van der Waals surface area contributed by atoms with Crippen LogP contribution < -0.4 is 0 Å². The van der Waals surface area contributed by atoms with E-state index in [2.05, 4.69) is 27.7 Å². The molecule has 3 aromatic rings. The highest BCUT2D eigenvalue weighted by atomic mass is 16.2. The fraction of sp³-hybridized carbons (Fsp3) is 0.571. The van der Waals surface area contributed by atoms with Crippen molar-refractivity contribution < 1.29 is 28.8 Å². The summed E-state index contributed by atoms with van der Waals surface area (Å²) in [6.07, 6.45) is 18.7. The van der Waals surface area contributed by atoms with Crippen molar-refractivity contribution >= 4 is 34.7 Å². The fourth-order valence-electron chi connectivity index (χ4n) is 13.4. The maximum Gasteiger partial charge on any atom is 0.194 e. The Labute approximate surface area is 368 Å². The lowest BCUT2D eigenvalue weighted by atomic mass is 9.53. The Bertz CT molecular complexity index is 2030. The van der Waals surface area contributed by atoms with Crippen molar-refractivity contribution in [1.82, 2.24) is 0 Å². The number of unbranched alkanes of at least 4 members (excludes halogenated alkanes) is 12. The van der Waals surface area contributed by atoms with Crippen LogP contribution in [0.15, 0.2) is 36.4 Å². The van der Waals surface area contributed by atoms with Crippen LogP contribution in [0.1, 0.15) is 275 Å². The van der Waals surface area contributed by atoms with Crippen LogP contribution in [0.5, 0.6) is 0 Å². The van der Waals surface area contributed by atoms with Crippen LogP contribution >= 0.6 is 0 Å². The Morgan fingerprint density at radius 3 is 0.726 bits per heavy atom. The molecule has 62 heavy (non-hydrogen) atoms. The standard InChI is InChI=1S/C56H66O6/c1-5-9-13-17-21-31-35-25-39-40-26-36(35)32(22-18-14-10-6-2)48-47(31)53(59)43-29-45-46(30-44(43)54(48)60)56(62)50-34(24-20-16-12-8-4)38-28-42(52(40)58)41(51(39)57)27-37(38)33(49(50)55(45)61)23-19-15-11-7-3/h25-34,47-50H,5-24H2,1-4H3/t31-,32+,33+,34-,47?,48?,49?,50?. The Balaban J connectivity index is 1.33. The Morgan fingerprint density at radius 2 is 0.516 bits per heavy atom. The number of benzene rings is 3. The number of rotatable bonds is 20. The first-order chi connectivity index (χ1) is 30.2. The minimum absolute atomic E-state index is 0.116. The molecule has 0 amide bonds. The van der Waals surface area contributed by atoms with E-state index in [4.69, 9.17) is 0 Å². The van der Waals surface area contributed by atoms with Crippen LogP contribution in [-0.2, 0) is 0 Å². The van der Waals surface area contributed by atoms with Gasteiger partial charge in [-0.05, 0) is 108 Å². The lowest BCUT2D eigenvalue weighted by molar-refractivity contribution is 0.0621. The molecule has 4 unspecified atom stereocenters. The lowest BCUT2D eigenvalue weighted by Gasteiger charge is -2.48. The normalized spacial score (nSPS) is 25.9. The van der Waals surface area contributed by atoms with Gasteiger partial charge in [0.2, 0.25) is 0 Å². The molecule has 0 heterocycles. The van der Waals surface area contributed by atoms with Gasteiger partial charge in [0.25, 0.3) is 0 Å². The van der Waals surface area contributed by atoms with Gasteiger partial charge in [-0.3, -0.25) is 28.8 Å². The van der Waals surface area contributed by atoms with E-state index >= 15 is 28.8 Å². The topological polar surface area (TPSA) is 102 Å². The summed E-state index contributed by atoms with van der Waals surface area (Å²) in [7, 11) is 0. The van der Waals surface area contributed by atoms with Crippen molar-refractivity contribution in [3.05, 3.63) is 103 Å². The third kappa shape index (κ3) is 6.87. The first-order valence-electron chi connectivity index (χ1n) is 25.0. The molecule has 6 heteroatoms. The van der Waals surface area contributed by atoms with Crippen LogP contribution in [0.4, 0.5) is 0 Å². The zero-order chi connectivity index (χ0) is 43.4. The molecule has 3 aromatic carbocycles. The largest absolute Gasteiger partial charge is 0.294 e. The van der Waals surface area contributed by atoms with Crippen molar-refractivity contribution in [2.24, 2.45) is 23.7 Å². The summed E-state index contributed by atoms with van der Waals surface area (Å²) in [5.41, 5.74) is 6.48. The number of hydrogen-bond acceptors (Lipinski definition) is 6. The number of fused-ring (bicyclic) bond motifs is 8.